The van der Waals surface area contributed by atoms with E-state index in [-0.39, 0.29) is 18.4 Å². The summed E-state index contributed by atoms with van der Waals surface area (Å²) in [5.41, 5.74) is 3.43. The van der Waals surface area contributed by atoms with Gasteiger partial charge in [0, 0.05) is 30.0 Å². The van der Waals surface area contributed by atoms with E-state index in [0.29, 0.717) is 28.7 Å². The van der Waals surface area contributed by atoms with Crippen LogP contribution in [-0.4, -0.2) is 36.3 Å². The first kappa shape index (κ1) is 21.4. The third kappa shape index (κ3) is 5.38. The number of amides is 2. The van der Waals surface area contributed by atoms with E-state index in [1.165, 1.54) is 0 Å². The van der Waals surface area contributed by atoms with Gasteiger partial charge in [0.25, 0.3) is 5.91 Å². The van der Waals surface area contributed by atoms with Crippen LogP contribution in [0.25, 0.3) is 0 Å². The van der Waals surface area contributed by atoms with Crippen LogP contribution in [0.15, 0.2) is 42.5 Å². The molecule has 3 rings (SSSR count). The number of nitrogens with one attached hydrogen (secondary N) is 2. The first-order chi connectivity index (χ1) is 14.4. The van der Waals surface area contributed by atoms with Crippen LogP contribution >= 0.6 is 0 Å². The zero-order valence-electron chi connectivity index (χ0n) is 17.7. The summed E-state index contributed by atoms with van der Waals surface area (Å²) >= 11 is 0. The summed E-state index contributed by atoms with van der Waals surface area (Å²) in [6, 6.07) is 14.4. The summed E-state index contributed by atoms with van der Waals surface area (Å²) in [5.74, 6) is 0.821. The third-order valence-corrected chi connectivity index (χ3v) is 5.36. The van der Waals surface area contributed by atoms with Gasteiger partial charge in [0.15, 0.2) is 0 Å². The number of nitriles is 1. The number of benzene rings is 2. The minimum absolute atomic E-state index is 0.0363. The highest BCUT2D eigenvalue weighted by Crippen LogP contribution is 2.24. The smallest absolute Gasteiger partial charge is 0.253 e. The Balaban J connectivity index is 1.64. The molecule has 6 heteroatoms. The van der Waals surface area contributed by atoms with Gasteiger partial charge < -0.3 is 15.5 Å². The largest absolute Gasteiger partial charge is 0.376 e. The molecule has 1 heterocycles. The fourth-order valence-corrected chi connectivity index (χ4v) is 4.00. The maximum Gasteiger partial charge on any atom is 0.253 e. The predicted octanol–water partition coefficient (Wildman–Crippen LogP) is 4.04. The molecule has 156 valence electrons. The first-order valence-corrected chi connectivity index (χ1v) is 10.3. The zero-order valence-corrected chi connectivity index (χ0v) is 17.7. The maximum absolute atomic E-state index is 13.0. The standard InChI is InChI=1S/C24H28N4O2/c1-16-9-17(2)15-28(14-16)24(30)20-8-7-18(3)22(11-20)26-13-23(29)27-21-6-4-5-19(10-21)12-25/h4-8,10-11,16-17,26H,9,13-15H2,1-3H3,(H,27,29). The summed E-state index contributed by atoms with van der Waals surface area (Å²) in [6.07, 6.45) is 1.15. The molecule has 0 radical (unpaired) electrons. The molecule has 0 spiro atoms. The Kier molecular flexibility index (Phi) is 6.73. The van der Waals surface area contributed by atoms with Gasteiger partial charge in [0.2, 0.25) is 5.91 Å². The van der Waals surface area contributed by atoms with Gasteiger partial charge in [-0.05, 0) is 61.1 Å². The molecule has 0 saturated carbocycles. The number of piperidine rings is 1. The Bertz CT molecular complexity index is 969. The molecule has 0 bridgehead atoms. The Morgan fingerprint density at radius 2 is 1.87 bits per heavy atom. The average molecular weight is 405 g/mol. The van der Waals surface area contributed by atoms with Gasteiger partial charge >= 0.3 is 0 Å². The molecule has 30 heavy (non-hydrogen) atoms. The highest BCUT2D eigenvalue weighted by molar-refractivity contribution is 5.96. The molecule has 6 nitrogen and oxygen atoms in total. The van der Waals surface area contributed by atoms with E-state index in [2.05, 4.69) is 30.6 Å². The van der Waals surface area contributed by atoms with Crippen LogP contribution in [0.5, 0.6) is 0 Å². The van der Waals surface area contributed by atoms with Crippen LogP contribution in [0, 0.1) is 30.1 Å². The third-order valence-electron chi connectivity index (χ3n) is 5.36. The normalized spacial score (nSPS) is 18.4. The maximum atomic E-state index is 13.0. The lowest BCUT2D eigenvalue weighted by molar-refractivity contribution is -0.114. The number of aryl methyl sites for hydroxylation is 1. The summed E-state index contributed by atoms with van der Waals surface area (Å²) < 4.78 is 0. The quantitative estimate of drug-likeness (QED) is 0.788. The van der Waals surface area contributed by atoms with Crippen LogP contribution in [0.3, 0.4) is 0 Å². The number of hydrogen-bond acceptors (Lipinski definition) is 4. The molecule has 2 N–H and O–H groups in total. The molecular formula is C24H28N4O2. The van der Waals surface area contributed by atoms with Crippen molar-refractivity contribution in [2.75, 3.05) is 30.3 Å². The lowest BCUT2D eigenvalue weighted by Crippen LogP contribution is -2.42. The number of carbonyl (C=O) groups is 2. The number of anilines is 2. The van der Waals surface area contributed by atoms with E-state index >= 15 is 0 Å². The van der Waals surface area contributed by atoms with Gasteiger partial charge in [-0.3, -0.25) is 9.59 Å². The molecule has 2 atom stereocenters. The summed E-state index contributed by atoms with van der Waals surface area (Å²) in [7, 11) is 0. The molecule has 0 aromatic heterocycles. The lowest BCUT2D eigenvalue weighted by Gasteiger charge is -2.35. The van der Waals surface area contributed by atoms with Gasteiger partial charge in [-0.2, -0.15) is 5.26 Å². The zero-order chi connectivity index (χ0) is 21.7. The molecular weight excluding hydrogens is 376 g/mol. The Hall–Kier alpha value is -3.33. The number of carbonyl (C=O) groups excluding carboxylic acids is 2. The fraction of sp³-hybridized carbons (Fsp3) is 0.375. The van der Waals surface area contributed by atoms with Crippen molar-refractivity contribution >= 4 is 23.2 Å². The Labute approximate surface area is 177 Å². The Morgan fingerprint density at radius 1 is 1.13 bits per heavy atom. The molecule has 1 aliphatic rings. The monoisotopic (exact) mass is 404 g/mol. The van der Waals surface area contributed by atoms with Gasteiger partial charge in [0.1, 0.15) is 0 Å². The van der Waals surface area contributed by atoms with Crippen molar-refractivity contribution in [2.24, 2.45) is 11.8 Å². The number of hydrogen-bond donors (Lipinski definition) is 2. The average Bonchev–Trinajstić information content (AvgIpc) is 2.72. The van der Waals surface area contributed by atoms with Crippen LogP contribution in [0.2, 0.25) is 0 Å². The van der Waals surface area contributed by atoms with Gasteiger partial charge in [-0.1, -0.05) is 26.0 Å². The van der Waals surface area contributed by atoms with E-state index in [0.717, 1.165) is 30.8 Å². The molecule has 2 aromatic carbocycles. The Morgan fingerprint density at radius 3 is 2.57 bits per heavy atom. The number of rotatable bonds is 5. The van der Waals surface area contributed by atoms with Gasteiger partial charge in [0.05, 0.1) is 18.2 Å². The molecule has 0 aliphatic carbocycles. The highest BCUT2D eigenvalue weighted by Gasteiger charge is 2.26. The van der Waals surface area contributed by atoms with Crippen molar-refractivity contribution < 1.29 is 9.59 Å². The fourth-order valence-electron chi connectivity index (χ4n) is 4.00. The van der Waals surface area contributed by atoms with Crippen LogP contribution in [0.1, 0.15) is 41.8 Å². The molecule has 1 saturated heterocycles. The van der Waals surface area contributed by atoms with E-state index in [4.69, 9.17) is 5.26 Å². The number of nitrogens with zero attached hydrogens (tertiary/aromatic N) is 2. The molecule has 2 amide bonds. The van der Waals surface area contributed by atoms with E-state index in [1.807, 2.05) is 30.0 Å². The highest BCUT2D eigenvalue weighted by atomic mass is 16.2. The molecule has 1 fully saturated rings. The van der Waals surface area contributed by atoms with Crippen molar-refractivity contribution in [3.8, 4) is 6.07 Å². The van der Waals surface area contributed by atoms with E-state index in [9.17, 15) is 9.59 Å². The van der Waals surface area contributed by atoms with Crippen molar-refractivity contribution in [2.45, 2.75) is 27.2 Å². The van der Waals surface area contributed by atoms with E-state index < -0.39 is 0 Å². The summed E-state index contributed by atoms with van der Waals surface area (Å²) in [4.78, 5) is 27.2. The topological polar surface area (TPSA) is 85.2 Å². The van der Waals surface area contributed by atoms with Crippen LogP contribution in [-0.2, 0) is 4.79 Å². The lowest BCUT2D eigenvalue weighted by atomic mass is 9.91. The number of likely N-dealkylation sites (tertiary alicyclic amines) is 1. The van der Waals surface area contributed by atoms with Crippen molar-refractivity contribution in [3.05, 3.63) is 59.2 Å². The minimum atomic E-state index is -0.222. The van der Waals surface area contributed by atoms with Gasteiger partial charge in [-0.25, -0.2) is 0 Å². The molecule has 1 aliphatic heterocycles. The van der Waals surface area contributed by atoms with Crippen LogP contribution < -0.4 is 10.6 Å². The SMILES string of the molecule is Cc1ccc(C(=O)N2CC(C)CC(C)C2)cc1NCC(=O)Nc1cccc(C#N)c1. The molecule has 2 unspecified atom stereocenters. The second-order valence-corrected chi connectivity index (χ2v) is 8.28. The first-order valence-electron chi connectivity index (χ1n) is 10.3. The second-order valence-electron chi connectivity index (χ2n) is 8.28. The van der Waals surface area contributed by atoms with Crippen LogP contribution in [0.4, 0.5) is 11.4 Å². The summed E-state index contributed by atoms with van der Waals surface area (Å²) in [5, 5.41) is 14.9. The molecule has 2 aromatic rings. The van der Waals surface area contributed by atoms with Crippen molar-refractivity contribution in [1.82, 2.24) is 4.90 Å². The van der Waals surface area contributed by atoms with Crippen molar-refractivity contribution in [3.63, 3.8) is 0 Å². The van der Waals surface area contributed by atoms with Gasteiger partial charge in [-0.15, -0.1) is 0 Å². The predicted molar refractivity (Wildman–Crippen MR) is 118 cm³/mol. The van der Waals surface area contributed by atoms with Crippen molar-refractivity contribution in [1.29, 1.82) is 5.26 Å². The second kappa shape index (κ2) is 9.45. The van der Waals surface area contributed by atoms with E-state index in [1.54, 1.807) is 24.3 Å². The summed E-state index contributed by atoms with van der Waals surface area (Å²) in [6.45, 7) is 7.93. The minimum Gasteiger partial charge on any atom is -0.376 e.